The Morgan fingerprint density at radius 1 is 1.08 bits per heavy atom. The van der Waals surface area contributed by atoms with Crippen LogP contribution in [-0.4, -0.2) is 8.07 Å². The lowest BCUT2D eigenvalue weighted by Crippen LogP contribution is -2.28. The first-order valence-electron chi connectivity index (χ1n) is 5.25. The summed E-state index contributed by atoms with van der Waals surface area (Å²) in [7, 11) is -1.27. The Morgan fingerprint density at radius 3 is 2.00 bits per heavy atom. The summed E-state index contributed by atoms with van der Waals surface area (Å²) in [6.45, 7) is 14.3. The quantitative estimate of drug-likeness (QED) is 0.306. The monoisotopic (exact) mass is 195 g/mol. The summed E-state index contributed by atoms with van der Waals surface area (Å²) >= 11 is 0. The van der Waals surface area contributed by atoms with Crippen molar-refractivity contribution < 1.29 is 0 Å². The number of allylic oxidation sites excluding steroid dienone is 2. The summed E-state index contributed by atoms with van der Waals surface area (Å²) in [5.41, 5.74) is 0. The Kier molecular flexibility index (Phi) is 6.97. The van der Waals surface area contributed by atoms with Crippen molar-refractivity contribution in [2.24, 2.45) is 0 Å². The fourth-order valence-electron chi connectivity index (χ4n) is 1.65. The van der Waals surface area contributed by atoms with Crippen molar-refractivity contribution in [3.05, 3.63) is 31.9 Å². The molecule has 0 bridgehead atoms. The number of rotatable bonds is 8. The molecule has 0 aliphatic heterocycles. The van der Waals surface area contributed by atoms with E-state index in [1.165, 1.54) is 25.3 Å². The van der Waals surface area contributed by atoms with Gasteiger partial charge in [-0.25, -0.2) is 0 Å². The molecule has 0 atom stereocenters. The molecule has 75 valence electrons. The molecule has 0 aliphatic rings. The zero-order chi connectivity index (χ0) is 10.2. The lowest BCUT2D eigenvalue weighted by Gasteiger charge is -2.24. The van der Waals surface area contributed by atoms with Gasteiger partial charge in [-0.15, -0.1) is 13.2 Å². The van der Waals surface area contributed by atoms with Gasteiger partial charge in [0.25, 0.3) is 0 Å². The molecule has 0 N–H and O–H groups in total. The fourth-order valence-corrected chi connectivity index (χ4v) is 4.45. The van der Waals surface area contributed by atoms with Crippen LogP contribution >= 0.6 is 0 Å². The molecule has 0 heterocycles. The van der Waals surface area contributed by atoms with Gasteiger partial charge in [0.05, 0.1) is 8.07 Å². The van der Waals surface area contributed by atoms with Crippen LogP contribution in [0.4, 0.5) is 0 Å². The lowest BCUT2D eigenvalue weighted by atomic mass is 10.3. The SMILES string of the molecule is [CH2][Si](CC=C)(CC=C)CCCCC. The highest BCUT2D eigenvalue weighted by molar-refractivity contribution is 6.82. The predicted octanol–water partition coefficient (Wildman–Crippen LogP) is 4.37. The molecular weight excluding hydrogens is 172 g/mol. The van der Waals surface area contributed by atoms with E-state index >= 15 is 0 Å². The largest absolute Gasteiger partial charge is 0.103 e. The first-order chi connectivity index (χ1) is 6.18. The summed E-state index contributed by atoms with van der Waals surface area (Å²) < 4.78 is 0. The highest BCUT2D eigenvalue weighted by Gasteiger charge is 2.22. The van der Waals surface area contributed by atoms with Crippen LogP contribution in [0.3, 0.4) is 0 Å². The summed E-state index contributed by atoms with van der Waals surface area (Å²) in [5, 5.41) is 0. The second kappa shape index (κ2) is 7.13. The minimum atomic E-state index is -1.27. The van der Waals surface area contributed by atoms with Gasteiger partial charge in [-0.2, -0.15) is 0 Å². The van der Waals surface area contributed by atoms with Crippen molar-refractivity contribution in [1.29, 1.82) is 0 Å². The van der Waals surface area contributed by atoms with E-state index in [9.17, 15) is 0 Å². The van der Waals surface area contributed by atoms with Crippen LogP contribution in [-0.2, 0) is 0 Å². The van der Waals surface area contributed by atoms with Crippen molar-refractivity contribution in [3.8, 4) is 0 Å². The molecule has 0 fully saturated rings. The summed E-state index contributed by atoms with van der Waals surface area (Å²) in [6.07, 6.45) is 8.06. The van der Waals surface area contributed by atoms with Gasteiger partial charge in [0.2, 0.25) is 0 Å². The lowest BCUT2D eigenvalue weighted by molar-refractivity contribution is 0.762. The van der Waals surface area contributed by atoms with Crippen LogP contribution in [0.15, 0.2) is 25.3 Å². The van der Waals surface area contributed by atoms with Crippen molar-refractivity contribution in [2.45, 2.75) is 44.3 Å². The molecule has 1 heteroatoms. The number of unbranched alkanes of at least 4 members (excludes halogenated alkanes) is 2. The Balaban J connectivity index is 3.90. The predicted molar refractivity (Wildman–Crippen MR) is 65.5 cm³/mol. The van der Waals surface area contributed by atoms with Gasteiger partial charge in [-0.05, 0) is 12.1 Å². The molecule has 13 heavy (non-hydrogen) atoms. The Bertz CT molecular complexity index is 139. The van der Waals surface area contributed by atoms with E-state index in [0.717, 1.165) is 12.1 Å². The first kappa shape index (κ1) is 12.7. The molecular formula is C12H23Si. The molecule has 0 aromatic carbocycles. The second-order valence-corrected chi connectivity index (χ2v) is 8.26. The van der Waals surface area contributed by atoms with Crippen LogP contribution < -0.4 is 0 Å². The molecule has 0 aromatic heterocycles. The van der Waals surface area contributed by atoms with E-state index in [2.05, 4.69) is 26.6 Å². The molecule has 0 aliphatic carbocycles. The molecule has 1 radical (unpaired) electrons. The zero-order valence-corrected chi connectivity index (χ0v) is 10.0. The van der Waals surface area contributed by atoms with Gasteiger partial charge >= 0.3 is 0 Å². The van der Waals surface area contributed by atoms with Gasteiger partial charge in [-0.3, -0.25) is 0 Å². The molecule has 0 amide bonds. The van der Waals surface area contributed by atoms with Crippen molar-refractivity contribution >= 4 is 8.07 Å². The Morgan fingerprint density at radius 2 is 1.62 bits per heavy atom. The molecule has 0 nitrogen and oxygen atoms in total. The van der Waals surface area contributed by atoms with Gasteiger partial charge in [-0.1, -0.05) is 50.9 Å². The van der Waals surface area contributed by atoms with Crippen LogP contribution in [0.1, 0.15) is 26.2 Å². The maximum absolute atomic E-state index is 4.42. The molecule has 0 rings (SSSR count). The Hall–Kier alpha value is -0.303. The van der Waals surface area contributed by atoms with E-state index in [1.807, 2.05) is 12.2 Å². The summed E-state index contributed by atoms with van der Waals surface area (Å²) in [5.74, 6) is 0. The van der Waals surface area contributed by atoms with E-state index < -0.39 is 8.07 Å². The maximum atomic E-state index is 4.42. The minimum absolute atomic E-state index is 1.14. The highest BCUT2D eigenvalue weighted by atomic mass is 28.3. The van der Waals surface area contributed by atoms with Crippen molar-refractivity contribution in [2.75, 3.05) is 0 Å². The average Bonchev–Trinajstić information content (AvgIpc) is 2.05. The van der Waals surface area contributed by atoms with Gasteiger partial charge in [0.1, 0.15) is 0 Å². The number of hydrogen-bond acceptors (Lipinski definition) is 0. The third-order valence-corrected chi connectivity index (χ3v) is 6.19. The van der Waals surface area contributed by atoms with Crippen LogP contribution in [0.5, 0.6) is 0 Å². The summed E-state index contributed by atoms with van der Waals surface area (Å²) in [6, 6.07) is 3.62. The first-order valence-corrected chi connectivity index (χ1v) is 8.08. The van der Waals surface area contributed by atoms with Crippen LogP contribution in [0.2, 0.25) is 18.1 Å². The van der Waals surface area contributed by atoms with E-state index in [4.69, 9.17) is 0 Å². The fraction of sp³-hybridized carbons (Fsp3) is 0.583. The maximum Gasteiger partial charge on any atom is 0.0607 e. The van der Waals surface area contributed by atoms with Crippen LogP contribution in [0.25, 0.3) is 0 Å². The zero-order valence-electron chi connectivity index (χ0n) is 9.02. The van der Waals surface area contributed by atoms with Gasteiger partial charge in [0.15, 0.2) is 0 Å². The van der Waals surface area contributed by atoms with E-state index in [0.29, 0.717) is 0 Å². The third-order valence-electron chi connectivity index (χ3n) is 2.47. The normalized spacial score (nSPS) is 11.2. The molecule has 0 saturated carbocycles. The van der Waals surface area contributed by atoms with Crippen molar-refractivity contribution in [3.63, 3.8) is 0 Å². The topological polar surface area (TPSA) is 0 Å². The van der Waals surface area contributed by atoms with E-state index in [-0.39, 0.29) is 0 Å². The third kappa shape index (κ3) is 5.86. The number of hydrogen-bond donors (Lipinski definition) is 0. The molecule has 0 unspecified atom stereocenters. The van der Waals surface area contributed by atoms with Gasteiger partial charge in [0, 0.05) is 0 Å². The molecule has 0 aromatic rings. The summed E-state index contributed by atoms with van der Waals surface area (Å²) in [4.78, 5) is 0. The molecule has 0 spiro atoms. The van der Waals surface area contributed by atoms with E-state index in [1.54, 1.807) is 0 Å². The van der Waals surface area contributed by atoms with Crippen molar-refractivity contribution in [1.82, 2.24) is 0 Å². The van der Waals surface area contributed by atoms with Crippen LogP contribution in [0, 0.1) is 6.55 Å². The highest BCUT2D eigenvalue weighted by Crippen LogP contribution is 2.23. The Labute approximate surface area is 84.8 Å². The van der Waals surface area contributed by atoms with Gasteiger partial charge < -0.3 is 0 Å². The minimum Gasteiger partial charge on any atom is -0.103 e. The standard InChI is InChI=1S/C12H23Si/c1-5-8-9-12-13(4,10-6-2)11-7-3/h6-7H,2-5,8-12H2,1H3. The second-order valence-electron chi connectivity index (χ2n) is 3.94. The average molecular weight is 195 g/mol. The smallest absolute Gasteiger partial charge is 0.0607 e. The molecule has 0 saturated heterocycles.